The van der Waals surface area contributed by atoms with Crippen molar-refractivity contribution in [2.75, 3.05) is 26.7 Å². The highest BCUT2D eigenvalue weighted by atomic mass is 35.5. The number of aromatic nitrogens is 2. The molecule has 6 nitrogen and oxygen atoms in total. The number of benzene rings is 3. The molecule has 0 atom stereocenters. The Balaban J connectivity index is 1.32. The number of rotatable bonds is 5. The third-order valence-corrected chi connectivity index (χ3v) is 7.73. The van der Waals surface area contributed by atoms with Gasteiger partial charge in [-0.1, -0.05) is 71.7 Å². The van der Waals surface area contributed by atoms with Crippen molar-refractivity contribution in [3.63, 3.8) is 0 Å². The third kappa shape index (κ3) is 4.34. The maximum atomic E-state index is 6.82. The molecule has 0 unspecified atom stereocenters. The molecule has 0 saturated heterocycles. The second kappa shape index (κ2) is 10.2. The topological polar surface area (TPSA) is 80.4 Å². The van der Waals surface area contributed by atoms with Crippen molar-refractivity contribution in [2.45, 2.75) is 13.3 Å². The molecule has 0 spiro atoms. The van der Waals surface area contributed by atoms with Gasteiger partial charge in [0.15, 0.2) is 0 Å². The molecule has 4 N–H and O–H groups in total. The molecule has 3 aromatic carbocycles. The van der Waals surface area contributed by atoms with Crippen LogP contribution in [0.5, 0.6) is 0 Å². The van der Waals surface area contributed by atoms with Gasteiger partial charge in [-0.25, -0.2) is 0 Å². The molecule has 2 aromatic heterocycles. The Kier molecular flexibility index (Phi) is 6.60. The van der Waals surface area contributed by atoms with Crippen molar-refractivity contribution in [1.29, 1.82) is 0 Å². The average Bonchev–Trinajstić information content (AvgIpc) is 3.48. The van der Waals surface area contributed by atoms with Crippen molar-refractivity contribution in [3.8, 4) is 22.5 Å². The maximum Gasteiger partial charge on any atom is 0.128 e. The molecule has 0 amide bonds. The standard InChI is InChI=1S/C30H28Cl2N6/c1-3-34-29(33-2)19-9-11-21-23(15-19)37-27(25(21)31)17-5-7-18(8-6-17)28-26(32)22-12-10-20(16-24(22)38-28)30-35-13-4-14-36-30/h5-12,15-16,37-38H,3-4,13-14H2,1-2H3,(H,33,34)(H,35,36). The molecule has 1 aliphatic rings. The van der Waals surface area contributed by atoms with Gasteiger partial charge in [0.25, 0.3) is 0 Å². The fourth-order valence-electron chi connectivity index (χ4n) is 5.03. The van der Waals surface area contributed by atoms with E-state index in [1.54, 1.807) is 7.05 Å². The molecule has 192 valence electrons. The summed E-state index contributed by atoms with van der Waals surface area (Å²) >= 11 is 13.6. The van der Waals surface area contributed by atoms with Crippen LogP contribution in [-0.2, 0) is 0 Å². The molecule has 3 heterocycles. The Hall–Kier alpha value is -3.74. The summed E-state index contributed by atoms with van der Waals surface area (Å²) < 4.78 is 0. The first kappa shape index (κ1) is 24.6. The van der Waals surface area contributed by atoms with Crippen molar-refractivity contribution in [3.05, 3.63) is 81.8 Å². The number of aromatic amines is 2. The largest absolute Gasteiger partial charge is 0.370 e. The van der Waals surface area contributed by atoms with Gasteiger partial charge in [-0.2, -0.15) is 0 Å². The molecule has 1 aliphatic heterocycles. The molecule has 0 radical (unpaired) electrons. The quantitative estimate of drug-likeness (QED) is 0.142. The van der Waals surface area contributed by atoms with Crippen LogP contribution in [0.3, 0.4) is 0 Å². The Labute approximate surface area is 231 Å². The predicted molar refractivity (Wildman–Crippen MR) is 161 cm³/mol. The summed E-state index contributed by atoms with van der Waals surface area (Å²) in [6.45, 7) is 4.67. The van der Waals surface area contributed by atoms with Crippen LogP contribution >= 0.6 is 23.2 Å². The third-order valence-electron chi connectivity index (χ3n) is 6.94. The molecule has 6 rings (SSSR count). The zero-order chi connectivity index (χ0) is 26.2. The highest BCUT2D eigenvalue weighted by Gasteiger charge is 2.16. The summed E-state index contributed by atoms with van der Waals surface area (Å²) in [5, 5.41) is 10.1. The first-order valence-corrected chi connectivity index (χ1v) is 13.6. The smallest absolute Gasteiger partial charge is 0.128 e. The fourth-order valence-corrected chi connectivity index (χ4v) is 5.67. The van der Waals surface area contributed by atoms with Crippen LogP contribution in [0.15, 0.2) is 70.6 Å². The number of nitrogens with zero attached hydrogens (tertiary/aromatic N) is 2. The molecule has 0 saturated carbocycles. The van der Waals surface area contributed by atoms with Crippen molar-refractivity contribution < 1.29 is 0 Å². The first-order valence-electron chi connectivity index (χ1n) is 12.8. The van der Waals surface area contributed by atoms with Gasteiger partial charge < -0.3 is 20.6 Å². The van der Waals surface area contributed by atoms with Gasteiger partial charge in [0.1, 0.15) is 11.7 Å². The highest BCUT2D eigenvalue weighted by molar-refractivity contribution is 6.39. The van der Waals surface area contributed by atoms with Crippen LogP contribution in [0.1, 0.15) is 24.5 Å². The highest BCUT2D eigenvalue weighted by Crippen LogP contribution is 2.38. The Morgan fingerprint density at radius 1 is 0.868 bits per heavy atom. The number of amidine groups is 2. The molecule has 38 heavy (non-hydrogen) atoms. The normalized spacial score (nSPS) is 14.1. The molecule has 8 heteroatoms. The minimum absolute atomic E-state index is 0.702. The number of H-pyrrole nitrogens is 2. The predicted octanol–water partition coefficient (Wildman–Crippen LogP) is 7.02. The van der Waals surface area contributed by atoms with E-state index >= 15 is 0 Å². The van der Waals surface area contributed by atoms with Gasteiger partial charge in [0.2, 0.25) is 0 Å². The van der Waals surface area contributed by atoms with Crippen LogP contribution in [0.2, 0.25) is 10.0 Å². The van der Waals surface area contributed by atoms with Crippen LogP contribution in [-0.4, -0.2) is 48.3 Å². The first-order chi connectivity index (χ1) is 18.6. The summed E-state index contributed by atoms with van der Waals surface area (Å²) in [5.74, 6) is 1.80. The summed E-state index contributed by atoms with van der Waals surface area (Å²) in [4.78, 5) is 16.0. The minimum atomic E-state index is 0.702. The maximum absolute atomic E-state index is 6.82. The molecular weight excluding hydrogens is 515 g/mol. The molecule has 0 aliphatic carbocycles. The molecular formula is C30H28Cl2N6. The second-order valence-electron chi connectivity index (χ2n) is 9.34. The summed E-state index contributed by atoms with van der Waals surface area (Å²) in [6, 6.07) is 20.7. The van der Waals surface area contributed by atoms with E-state index in [2.05, 4.69) is 86.0 Å². The average molecular weight is 544 g/mol. The SMILES string of the molecule is CCNC(=NC)c1ccc2c(Cl)c(-c3ccc(-c4[nH]c5cc(C6=NCCCN6)ccc5c4Cl)cc3)[nH]c2c1. The second-order valence-corrected chi connectivity index (χ2v) is 10.1. The number of nitrogens with one attached hydrogen (secondary N) is 4. The van der Waals surface area contributed by atoms with E-state index in [0.29, 0.717) is 10.0 Å². The summed E-state index contributed by atoms with van der Waals surface area (Å²) in [7, 11) is 1.79. The van der Waals surface area contributed by atoms with Gasteiger partial charge in [0.05, 0.1) is 21.4 Å². The van der Waals surface area contributed by atoms with E-state index in [1.807, 2.05) is 12.1 Å². The zero-order valence-electron chi connectivity index (χ0n) is 21.3. The summed E-state index contributed by atoms with van der Waals surface area (Å²) in [6.07, 6.45) is 1.07. The van der Waals surface area contributed by atoms with Gasteiger partial charge >= 0.3 is 0 Å². The molecule has 0 bridgehead atoms. The van der Waals surface area contributed by atoms with E-state index in [1.165, 1.54) is 0 Å². The van der Waals surface area contributed by atoms with Gasteiger partial charge in [0, 0.05) is 59.6 Å². The summed E-state index contributed by atoms with van der Waals surface area (Å²) in [5.41, 5.74) is 7.84. The lowest BCUT2D eigenvalue weighted by atomic mass is 10.1. The molecule has 5 aromatic rings. The van der Waals surface area contributed by atoms with E-state index in [9.17, 15) is 0 Å². The van der Waals surface area contributed by atoms with Gasteiger partial charge in [-0.05, 0) is 36.6 Å². The van der Waals surface area contributed by atoms with Crippen LogP contribution in [0.4, 0.5) is 0 Å². The van der Waals surface area contributed by atoms with Crippen LogP contribution < -0.4 is 10.6 Å². The van der Waals surface area contributed by atoms with Crippen LogP contribution in [0, 0.1) is 0 Å². The lowest BCUT2D eigenvalue weighted by molar-refractivity contribution is 0.742. The molecule has 0 fully saturated rings. The minimum Gasteiger partial charge on any atom is -0.370 e. The lowest BCUT2D eigenvalue weighted by Crippen LogP contribution is -2.30. The van der Waals surface area contributed by atoms with Gasteiger partial charge in [-0.3, -0.25) is 9.98 Å². The number of hydrogen-bond acceptors (Lipinski definition) is 3. The van der Waals surface area contributed by atoms with E-state index in [-0.39, 0.29) is 0 Å². The Bertz CT molecular complexity index is 1710. The Morgan fingerprint density at radius 2 is 1.47 bits per heavy atom. The number of aliphatic imine (C=N–C) groups is 2. The number of hydrogen-bond donors (Lipinski definition) is 4. The van der Waals surface area contributed by atoms with E-state index in [4.69, 9.17) is 23.2 Å². The Morgan fingerprint density at radius 3 is 2.05 bits per heavy atom. The van der Waals surface area contributed by atoms with Gasteiger partial charge in [-0.15, -0.1) is 0 Å². The lowest BCUT2D eigenvalue weighted by Gasteiger charge is -2.14. The number of halogens is 2. The zero-order valence-corrected chi connectivity index (χ0v) is 22.8. The van der Waals surface area contributed by atoms with Crippen molar-refractivity contribution >= 4 is 56.7 Å². The van der Waals surface area contributed by atoms with Crippen molar-refractivity contribution in [1.82, 2.24) is 20.6 Å². The van der Waals surface area contributed by atoms with Crippen LogP contribution in [0.25, 0.3) is 44.3 Å². The van der Waals surface area contributed by atoms with E-state index in [0.717, 1.165) is 93.2 Å². The fraction of sp³-hybridized carbons (Fsp3) is 0.200. The number of fused-ring (bicyclic) bond motifs is 2. The van der Waals surface area contributed by atoms with E-state index < -0.39 is 0 Å². The van der Waals surface area contributed by atoms with Crippen molar-refractivity contribution in [2.24, 2.45) is 9.98 Å². The monoisotopic (exact) mass is 542 g/mol.